The minimum atomic E-state index is 0.0522. The lowest BCUT2D eigenvalue weighted by Gasteiger charge is -2.20. The molecule has 1 heterocycles. The Kier molecular flexibility index (Phi) is 5.45. The molecule has 0 bridgehead atoms. The highest BCUT2D eigenvalue weighted by Crippen LogP contribution is 2.31. The number of halogens is 1. The highest BCUT2D eigenvalue weighted by atomic mass is 35.5. The summed E-state index contributed by atoms with van der Waals surface area (Å²) in [5.41, 5.74) is 3.89. The maximum Gasteiger partial charge on any atom is 0.125 e. The largest absolute Gasteiger partial charge is 0.496 e. The van der Waals surface area contributed by atoms with Gasteiger partial charge >= 0.3 is 0 Å². The topological polar surface area (TPSA) is 56.5 Å². The summed E-state index contributed by atoms with van der Waals surface area (Å²) in [7, 11) is 1.64. The first-order chi connectivity index (χ1) is 9.24. The Hall–Kier alpha value is -0.810. The SMILES string of the molecule is COc1cc(Cl)ccc1C(CCC1CCCO1)NN. The molecule has 0 radical (unpaired) electrons. The maximum atomic E-state index is 5.97. The number of rotatable bonds is 6. The van der Waals surface area contributed by atoms with E-state index in [-0.39, 0.29) is 6.04 Å². The lowest BCUT2D eigenvalue weighted by atomic mass is 9.99. The van der Waals surface area contributed by atoms with Crippen molar-refractivity contribution in [3.05, 3.63) is 28.8 Å². The van der Waals surface area contributed by atoms with E-state index in [1.165, 1.54) is 0 Å². The third-order valence-electron chi connectivity index (χ3n) is 3.57. The van der Waals surface area contributed by atoms with Gasteiger partial charge in [0.15, 0.2) is 0 Å². The minimum Gasteiger partial charge on any atom is -0.496 e. The molecule has 5 heteroatoms. The number of nitrogens with one attached hydrogen (secondary N) is 1. The fourth-order valence-corrected chi connectivity index (χ4v) is 2.69. The van der Waals surface area contributed by atoms with Crippen LogP contribution < -0.4 is 16.0 Å². The van der Waals surface area contributed by atoms with Gasteiger partial charge in [0.05, 0.1) is 13.2 Å². The van der Waals surface area contributed by atoms with Crippen molar-refractivity contribution in [2.45, 2.75) is 37.8 Å². The van der Waals surface area contributed by atoms with Crippen LogP contribution in [0.4, 0.5) is 0 Å². The van der Waals surface area contributed by atoms with Crippen molar-refractivity contribution in [3.8, 4) is 5.75 Å². The number of hydrazine groups is 1. The van der Waals surface area contributed by atoms with Gasteiger partial charge in [-0.1, -0.05) is 17.7 Å². The van der Waals surface area contributed by atoms with Crippen molar-refractivity contribution < 1.29 is 9.47 Å². The number of hydrogen-bond acceptors (Lipinski definition) is 4. The molecule has 2 rings (SSSR count). The Bertz CT molecular complexity index is 408. The van der Waals surface area contributed by atoms with E-state index in [0.29, 0.717) is 11.1 Å². The Labute approximate surface area is 119 Å². The Morgan fingerprint density at radius 2 is 2.42 bits per heavy atom. The number of benzene rings is 1. The zero-order valence-electron chi connectivity index (χ0n) is 11.2. The zero-order valence-corrected chi connectivity index (χ0v) is 12.0. The first kappa shape index (κ1) is 14.6. The molecule has 1 fully saturated rings. The van der Waals surface area contributed by atoms with Gasteiger partial charge in [-0.2, -0.15) is 0 Å². The van der Waals surface area contributed by atoms with E-state index in [1.54, 1.807) is 7.11 Å². The molecule has 0 amide bonds. The molecule has 0 aliphatic carbocycles. The van der Waals surface area contributed by atoms with Crippen LogP contribution in [-0.4, -0.2) is 19.8 Å². The lowest BCUT2D eigenvalue weighted by Crippen LogP contribution is -2.29. The molecule has 2 atom stereocenters. The van der Waals surface area contributed by atoms with Gasteiger partial charge in [0, 0.05) is 23.2 Å². The molecule has 0 saturated carbocycles. The van der Waals surface area contributed by atoms with Crippen molar-refractivity contribution in [1.29, 1.82) is 0 Å². The van der Waals surface area contributed by atoms with Crippen LogP contribution in [0, 0.1) is 0 Å². The molecule has 1 aliphatic heterocycles. The smallest absolute Gasteiger partial charge is 0.125 e. The predicted octanol–water partition coefficient (Wildman–Crippen LogP) is 2.81. The standard InChI is InChI=1S/C14H21ClN2O2/c1-18-14-9-10(15)4-6-12(14)13(17-16)7-5-11-3-2-8-19-11/h4,6,9,11,13,17H,2-3,5,7-8,16H2,1H3. The van der Waals surface area contributed by atoms with Crippen LogP contribution in [0.25, 0.3) is 0 Å². The summed E-state index contributed by atoms with van der Waals surface area (Å²) in [6, 6.07) is 5.68. The van der Waals surface area contributed by atoms with Gasteiger partial charge in [-0.25, -0.2) is 0 Å². The first-order valence-electron chi connectivity index (χ1n) is 6.65. The summed E-state index contributed by atoms with van der Waals surface area (Å²) < 4.78 is 11.0. The van der Waals surface area contributed by atoms with Crippen molar-refractivity contribution in [2.24, 2.45) is 5.84 Å². The number of nitrogens with two attached hydrogens (primary N) is 1. The average molecular weight is 285 g/mol. The molecule has 1 saturated heterocycles. The van der Waals surface area contributed by atoms with Gasteiger partial charge in [0.25, 0.3) is 0 Å². The van der Waals surface area contributed by atoms with Crippen molar-refractivity contribution in [3.63, 3.8) is 0 Å². The monoisotopic (exact) mass is 284 g/mol. The van der Waals surface area contributed by atoms with Crippen molar-refractivity contribution >= 4 is 11.6 Å². The highest BCUT2D eigenvalue weighted by molar-refractivity contribution is 6.30. The maximum absolute atomic E-state index is 5.97. The second-order valence-electron chi connectivity index (χ2n) is 4.82. The van der Waals surface area contributed by atoms with Crippen LogP contribution in [0.2, 0.25) is 5.02 Å². The molecule has 4 nitrogen and oxygen atoms in total. The van der Waals surface area contributed by atoms with Crippen LogP contribution in [0.15, 0.2) is 18.2 Å². The van der Waals surface area contributed by atoms with E-state index in [9.17, 15) is 0 Å². The molecule has 0 spiro atoms. The van der Waals surface area contributed by atoms with Crippen molar-refractivity contribution in [2.75, 3.05) is 13.7 Å². The van der Waals surface area contributed by atoms with Gasteiger partial charge < -0.3 is 9.47 Å². The second-order valence-corrected chi connectivity index (χ2v) is 5.25. The Morgan fingerprint density at radius 3 is 3.05 bits per heavy atom. The molecular formula is C14H21ClN2O2. The summed E-state index contributed by atoms with van der Waals surface area (Å²) in [6.07, 6.45) is 4.60. The molecular weight excluding hydrogens is 264 g/mol. The summed E-state index contributed by atoms with van der Waals surface area (Å²) in [4.78, 5) is 0. The van der Waals surface area contributed by atoms with Gasteiger partial charge in [0.1, 0.15) is 5.75 Å². The molecule has 2 unspecified atom stereocenters. The van der Waals surface area contributed by atoms with Crippen LogP contribution >= 0.6 is 11.6 Å². The third kappa shape index (κ3) is 3.83. The minimum absolute atomic E-state index is 0.0522. The Morgan fingerprint density at radius 1 is 1.58 bits per heavy atom. The summed E-state index contributed by atoms with van der Waals surface area (Å²) in [5, 5.41) is 0.662. The van der Waals surface area contributed by atoms with Crippen LogP contribution in [0.3, 0.4) is 0 Å². The van der Waals surface area contributed by atoms with Crippen LogP contribution in [0.1, 0.15) is 37.3 Å². The summed E-state index contributed by atoms with van der Waals surface area (Å²) >= 11 is 5.97. The van der Waals surface area contributed by atoms with Gasteiger partial charge in [-0.15, -0.1) is 0 Å². The van der Waals surface area contributed by atoms with E-state index in [1.807, 2.05) is 18.2 Å². The Balaban J connectivity index is 2.03. The molecule has 0 aromatic heterocycles. The van der Waals surface area contributed by atoms with Crippen molar-refractivity contribution in [1.82, 2.24) is 5.43 Å². The predicted molar refractivity (Wildman–Crippen MR) is 76.3 cm³/mol. The number of hydrogen-bond donors (Lipinski definition) is 2. The fourth-order valence-electron chi connectivity index (χ4n) is 2.53. The summed E-state index contributed by atoms with van der Waals surface area (Å²) in [5.74, 6) is 6.44. The fraction of sp³-hybridized carbons (Fsp3) is 0.571. The molecule has 3 N–H and O–H groups in total. The summed E-state index contributed by atoms with van der Waals surface area (Å²) in [6.45, 7) is 0.885. The van der Waals surface area contributed by atoms with E-state index >= 15 is 0 Å². The second kappa shape index (κ2) is 7.10. The average Bonchev–Trinajstić information content (AvgIpc) is 2.93. The number of methoxy groups -OCH3 is 1. The van der Waals surface area contributed by atoms with Gasteiger partial charge in [0.2, 0.25) is 0 Å². The van der Waals surface area contributed by atoms with Gasteiger partial charge in [-0.05, 0) is 37.8 Å². The van der Waals surface area contributed by atoms with E-state index in [4.69, 9.17) is 26.9 Å². The molecule has 1 aliphatic rings. The highest BCUT2D eigenvalue weighted by Gasteiger charge is 2.20. The van der Waals surface area contributed by atoms with Crippen LogP contribution in [0.5, 0.6) is 5.75 Å². The lowest BCUT2D eigenvalue weighted by molar-refractivity contribution is 0.0995. The number of ether oxygens (including phenoxy) is 2. The molecule has 106 valence electrons. The third-order valence-corrected chi connectivity index (χ3v) is 3.81. The van der Waals surface area contributed by atoms with E-state index in [2.05, 4.69) is 5.43 Å². The quantitative estimate of drug-likeness (QED) is 0.623. The van der Waals surface area contributed by atoms with Crippen LogP contribution in [-0.2, 0) is 4.74 Å². The molecule has 1 aromatic carbocycles. The normalized spacial score (nSPS) is 20.5. The molecule has 1 aromatic rings. The van der Waals surface area contributed by atoms with E-state index < -0.39 is 0 Å². The van der Waals surface area contributed by atoms with Gasteiger partial charge in [-0.3, -0.25) is 11.3 Å². The molecule has 19 heavy (non-hydrogen) atoms. The van der Waals surface area contributed by atoms with E-state index in [0.717, 1.165) is 43.6 Å². The first-order valence-corrected chi connectivity index (χ1v) is 7.03. The zero-order chi connectivity index (χ0) is 13.7.